The average molecular weight is 503 g/mol. The first-order chi connectivity index (χ1) is 17.5. The molecule has 0 saturated heterocycles. The van der Waals surface area contributed by atoms with Gasteiger partial charge in [-0.1, -0.05) is 43.2 Å². The molecular weight excluding hydrogens is 468 g/mol. The van der Waals surface area contributed by atoms with Crippen molar-refractivity contribution in [3.05, 3.63) is 75.2 Å². The summed E-state index contributed by atoms with van der Waals surface area (Å²) in [5.74, 6) is 2.09. The molecule has 0 unspecified atom stereocenters. The van der Waals surface area contributed by atoms with E-state index in [9.17, 15) is 4.79 Å². The zero-order valence-corrected chi connectivity index (χ0v) is 22.1. The van der Waals surface area contributed by atoms with Crippen LogP contribution >= 0.6 is 11.3 Å². The molecule has 0 bridgehead atoms. The molecule has 0 spiro atoms. The Hall–Kier alpha value is -3.12. The molecule has 1 amide bonds. The fourth-order valence-electron chi connectivity index (χ4n) is 4.66. The van der Waals surface area contributed by atoms with Crippen molar-refractivity contribution < 1.29 is 14.3 Å². The van der Waals surface area contributed by atoms with Crippen LogP contribution in [0.5, 0.6) is 11.5 Å². The maximum Gasteiger partial charge on any atom is 0.254 e. The molecule has 5 rings (SSSR count). The van der Waals surface area contributed by atoms with Gasteiger partial charge in [-0.2, -0.15) is 0 Å². The standard InChI is InChI=1S/C30H34N2O3S/c1-4-20-9-13-24-27(16-20)36-30(28(24)29(33)32-23-11-12-23)31-17-22-10-14-25(34-3)26(15-22)35-18-21-7-5-19(2)6-8-21/h5-8,10,14-15,17,20,23H,4,9,11-13,16,18H2,1-3H3,(H,32,33)/t20-/m1/s1. The molecule has 36 heavy (non-hydrogen) atoms. The number of fused-ring (bicyclic) bond motifs is 1. The van der Waals surface area contributed by atoms with Gasteiger partial charge in [-0.05, 0) is 79.8 Å². The van der Waals surface area contributed by atoms with Gasteiger partial charge >= 0.3 is 0 Å². The van der Waals surface area contributed by atoms with Gasteiger partial charge in [0.15, 0.2) is 11.5 Å². The summed E-state index contributed by atoms with van der Waals surface area (Å²) in [4.78, 5) is 19.3. The summed E-state index contributed by atoms with van der Waals surface area (Å²) in [6.07, 6.45) is 8.32. The molecule has 2 aliphatic carbocycles. The molecule has 1 N–H and O–H groups in total. The van der Waals surface area contributed by atoms with E-state index in [0.29, 0.717) is 30.1 Å². The number of benzene rings is 2. The Kier molecular flexibility index (Phi) is 7.42. The highest BCUT2D eigenvalue weighted by atomic mass is 32.1. The highest BCUT2D eigenvalue weighted by Gasteiger charge is 2.31. The number of ether oxygens (including phenoxy) is 2. The molecule has 1 fully saturated rings. The van der Waals surface area contributed by atoms with Gasteiger partial charge in [-0.3, -0.25) is 4.79 Å². The molecule has 0 aliphatic heterocycles. The van der Waals surface area contributed by atoms with Crippen molar-refractivity contribution in [2.45, 2.75) is 65.0 Å². The van der Waals surface area contributed by atoms with Crippen molar-refractivity contribution >= 4 is 28.5 Å². The minimum absolute atomic E-state index is 0.0361. The van der Waals surface area contributed by atoms with E-state index in [0.717, 1.165) is 53.8 Å². The maximum absolute atomic E-state index is 13.2. The summed E-state index contributed by atoms with van der Waals surface area (Å²) >= 11 is 1.68. The van der Waals surface area contributed by atoms with Crippen molar-refractivity contribution in [1.82, 2.24) is 5.32 Å². The van der Waals surface area contributed by atoms with Gasteiger partial charge in [0.2, 0.25) is 0 Å². The lowest BCUT2D eigenvalue weighted by Crippen LogP contribution is -2.26. The van der Waals surface area contributed by atoms with Crippen LogP contribution in [-0.4, -0.2) is 25.3 Å². The zero-order valence-electron chi connectivity index (χ0n) is 21.3. The Morgan fingerprint density at radius 2 is 1.94 bits per heavy atom. The first-order valence-electron chi connectivity index (χ1n) is 12.9. The molecule has 1 saturated carbocycles. The smallest absolute Gasteiger partial charge is 0.254 e. The number of nitrogens with zero attached hydrogens (tertiary/aromatic N) is 1. The van der Waals surface area contributed by atoms with Crippen molar-refractivity contribution in [2.24, 2.45) is 10.9 Å². The molecule has 3 aromatic rings. The van der Waals surface area contributed by atoms with E-state index in [4.69, 9.17) is 14.5 Å². The molecule has 1 aromatic heterocycles. The summed E-state index contributed by atoms with van der Waals surface area (Å²) in [5, 5.41) is 4.00. The van der Waals surface area contributed by atoms with E-state index in [2.05, 4.69) is 43.4 Å². The largest absolute Gasteiger partial charge is 0.493 e. The number of methoxy groups -OCH3 is 1. The number of thiophene rings is 1. The first kappa shape index (κ1) is 24.6. The highest BCUT2D eigenvalue weighted by Crippen LogP contribution is 2.42. The second kappa shape index (κ2) is 10.9. The lowest BCUT2D eigenvalue weighted by Gasteiger charge is -2.21. The second-order valence-corrected chi connectivity index (χ2v) is 11.0. The van der Waals surface area contributed by atoms with Crippen LogP contribution in [0.1, 0.15) is 70.1 Å². The minimum atomic E-state index is 0.0361. The fourth-order valence-corrected chi connectivity index (χ4v) is 5.97. The van der Waals surface area contributed by atoms with Crippen molar-refractivity contribution in [3.8, 4) is 11.5 Å². The lowest BCUT2D eigenvalue weighted by atomic mass is 9.85. The summed E-state index contributed by atoms with van der Waals surface area (Å²) in [7, 11) is 1.65. The van der Waals surface area contributed by atoms with Crippen molar-refractivity contribution in [1.29, 1.82) is 0 Å². The van der Waals surface area contributed by atoms with E-state index in [1.807, 2.05) is 24.4 Å². The number of nitrogens with one attached hydrogen (secondary N) is 1. The topological polar surface area (TPSA) is 59.9 Å². The Bertz CT molecular complexity index is 1260. The van der Waals surface area contributed by atoms with Crippen LogP contribution in [0, 0.1) is 12.8 Å². The van der Waals surface area contributed by atoms with Gasteiger partial charge < -0.3 is 14.8 Å². The second-order valence-electron chi connectivity index (χ2n) is 9.89. The summed E-state index contributed by atoms with van der Waals surface area (Å²) in [6.45, 7) is 4.79. The predicted octanol–water partition coefficient (Wildman–Crippen LogP) is 6.80. The van der Waals surface area contributed by atoms with Crippen LogP contribution in [-0.2, 0) is 19.4 Å². The third kappa shape index (κ3) is 5.65. The summed E-state index contributed by atoms with van der Waals surface area (Å²) < 4.78 is 11.6. The molecule has 1 atom stereocenters. The van der Waals surface area contributed by atoms with Crippen LogP contribution in [0.4, 0.5) is 5.00 Å². The Balaban J connectivity index is 1.39. The van der Waals surface area contributed by atoms with Crippen LogP contribution < -0.4 is 14.8 Å². The number of aliphatic imine (C=N–C) groups is 1. The zero-order chi connectivity index (χ0) is 25.1. The van der Waals surface area contributed by atoms with E-state index in [1.54, 1.807) is 18.4 Å². The molecule has 1 heterocycles. The molecule has 0 radical (unpaired) electrons. The van der Waals surface area contributed by atoms with E-state index in [1.165, 1.54) is 22.4 Å². The first-order valence-corrected chi connectivity index (χ1v) is 13.7. The number of aryl methyl sites for hydroxylation is 1. The molecule has 5 nitrogen and oxygen atoms in total. The normalized spacial score (nSPS) is 17.1. The predicted molar refractivity (Wildman–Crippen MR) is 146 cm³/mol. The van der Waals surface area contributed by atoms with Gasteiger partial charge in [-0.25, -0.2) is 4.99 Å². The molecule has 2 aliphatic rings. The van der Waals surface area contributed by atoms with Crippen molar-refractivity contribution in [3.63, 3.8) is 0 Å². The molecule has 6 heteroatoms. The number of hydrogen-bond donors (Lipinski definition) is 1. The number of carbonyl (C=O) groups is 1. The highest BCUT2D eigenvalue weighted by molar-refractivity contribution is 7.16. The van der Waals surface area contributed by atoms with E-state index < -0.39 is 0 Å². The number of carbonyl (C=O) groups excluding carboxylic acids is 1. The number of rotatable bonds is 9. The van der Waals surface area contributed by atoms with E-state index >= 15 is 0 Å². The van der Waals surface area contributed by atoms with E-state index in [-0.39, 0.29) is 5.91 Å². The minimum Gasteiger partial charge on any atom is -0.493 e. The third-order valence-electron chi connectivity index (χ3n) is 7.10. The molecular formula is C30H34N2O3S. The quantitative estimate of drug-likeness (QED) is 0.327. The van der Waals surface area contributed by atoms with Crippen LogP contribution in [0.25, 0.3) is 0 Å². The Labute approximate surface area is 217 Å². The van der Waals surface area contributed by atoms with Gasteiger partial charge in [0.25, 0.3) is 5.91 Å². The summed E-state index contributed by atoms with van der Waals surface area (Å²) in [6, 6.07) is 14.4. The monoisotopic (exact) mass is 502 g/mol. The SMILES string of the molecule is CC[C@@H]1CCc2c(sc(N=Cc3ccc(OC)c(OCc4ccc(C)cc4)c3)c2C(=O)NC2CC2)C1. The van der Waals surface area contributed by atoms with Crippen LogP contribution in [0.3, 0.4) is 0 Å². The van der Waals surface area contributed by atoms with Gasteiger partial charge in [0.05, 0.1) is 12.7 Å². The molecule has 188 valence electrons. The number of hydrogen-bond acceptors (Lipinski definition) is 5. The summed E-state index contributed by atoms with van der Waals surface area (Å²) in [5.41, 5.74) is 5.23. The lowest BCUT2D eigenvalue weighted by molar-refractivity contribution is 0.0951. The fraction of sp³-hybridized carbons (Fsp3) is 0.400. The van der Waals surface area contributed by atoms with Gasteiger partial charge in [0, 0.05) is 17.1 Å². The Morgan fingerprint density at radius 1 is 1.14 bits per heavy atom. The van der Waals surface area contributed by atoms with Crippen molar-refractivity contribution in [2.75, 3.05) is 7.11 Å². The van der Waals surface area contributed by atoms with Gasteiger partial charge in [0.1, 0.15) is 11.6 Å². The van der Waals surface area contributed by atoms with Crippen LogP contribution in [0.15, 0.2) is 47.5 Å². The van der Waals surface area contributed by atoms with Gasteiger partial charge in [-0.15, -0.1) is 11.3 Å². The molecule has 2 aromatic carbocycles. The number of amides is 1. The van der Waals surface area contributed by atoms with Crippen LogP contribution in [0.2, 0.25) is 0 Å². The Morgan fingerprint density at radius 3 is 2.67 bits per heavy atom. The third-order valence-corrected chi connectivity index (χ3v) is 8.26. The maximum atomic E-state index is 13.2. The average Bonchev–Trinajstić information content (AvgIpc) is 3.63.